The number of aryl methyl sites for hydroxylation is 5. The van der Waals surface area contributed by atoms with Crippen LogP contribution in [0.2, 0.25) is 0 Å². The lowest BCUT2D eigenvalue weighted by Gasteiger charge is -2.20. The van der Waals surface area contributed by atoms with E-state index in [0.29, 0.717) is 35.2 Å². The number of fused-ring (bicyclic) bond motifs is 4. The quantitative estimate of drug-likeness (QED) is 0.251. The van der Waals surface area contributed by atoms with Gasteiger partial charge in [0.25, 0.3) is 0 Å². The molecule has 202 valence electrons. The summed E-state index contributed by atoms with van der Waals surface area (Å²) in [6, 6.07) is 9.98. The minimum atomic E-state index is 0.322. The molecule has 9 nitrogen and oxygen atoms in total. The molecule has 9 heteroatoms. The SMILES string of the molecule is CCn1cc(-c2c3c(nc4ncn5nc(-c6ccc(COc7cc(C)ccc7C)o6)nc5c24)CCCC3)c(C)n1. The molecule has 0 unspecified atom stereocenters. The molecule has 0 saturated heterocycles. The Hall–Kier alpha value is -4.53. The number of ether oxygens (including phenoxy) is 1. The van der Waals surface area contributed by atoms with E-state index in [1.807, 2.05) is 29.8 Å². The Bertz CT molecular complexity index is 1900. The largest absolute Gasteiger partial charge is 0.485 e. The van der Waals surface area contributed by atoms with Crippen LogP contribution in [0.4, 0.5) is 0 Å². The van der Waals surface area contributed by atoms with E-state index >= 15 is 0 Å². The van der Waals surface area contributed by atoms with Crippen molar-refractivity contribution in [2.24, 2.45) is 0 Å². The summed E-state index contributed by atoms with van der Waals surface area (Å²) >= 11 is 0. The number of nitrogens with zero attached hydrogens (tertiary/aromatic N) is 7. The van der Waals surface area contributed by atoms with Crippen molar-refractivity contribution in [2.75, 3.05) is 0 Å². The van der Waals surface area contributed by atoms with E-state index in [9.17, 15) is 0 Å². The summed E-state index contributed by atoms with van der Waals surface area (Å²) in [7, 11) is 0. The van der Waals surface area contributed by atoms with E-state index in [4.69, 9.17) is 34.3 Å². The van der Waals surface area contributed by atoms with Crippen LogP contribution in [0.3, 0.4) is 0 Å². The van der Waals surface area contributed by atoms with Crippen LogP contribution in [-0.2, 0) is 26.0 Å². The zero-order chi connectivity index (χ0) is 27.4. The third-order valence-electron chi connectivity index (χ3n) is 7.73. The highest BCUT2D eigenvalue weighted by atomic mass is 16.5. The summed E-state index contributed by atoms with van der Waals surface area (Å²) in [4.78, 5) is 14.7. The Morgan fingerprint density at radius 3 is 2.73 bits per heavy atom. The molecule has 0 aliphatic heterocycles. The molecule has 1 aliphatic carbocycles. The molecule has 0 fully saturated rings. The van der Waals surface area contributed by atoms with E-state index in [0.717, 1.165) is 77.0 Å². The van der Waals surface area contributed by atoms with E-state index in [-0.39, 0.29) is 0 Å². The Labute approximate surface area is 231 Å². The van der Waals surface area contributed by atoms with Crippen LogP contribution < -0.4 is 4.74 Å². The van der Waals surface area contributed by atoms with Crippen molar-refractivity contribution < 1.29 is 9.15 Å². The van der Waals surface area contributed by atoms with Crippen LogP contribution in [0.15, 0.2) is 47.3 Å². The molecule has 7 rings (SSSR count). The molecule has 5 aromatic heterocycles. The average Bonchev–Trinajstić information content (AvgIpc) is 3.70. The predicted molar refractivity (Wildman–Crippen MR) is 152 cm³/mol. The molecule has 40 heavy (non-hydrogen) atoms. The summed E-state index contributed by atoms with van der Waals surface area (Å²) in [5.41, 5.74) is 9.29. The number of pyridine rings is 1. The van der Waals surface area contributed by atoms with Crippen LogP contribution in [0.5, 0.6) is 5.75 Å². The normalized spacial score (nSPS) is 13.3. The maximum atomic E-state index is 6.13. The Morgan fingerprint density at radius 1 is 1.00 bits per heavy atom. The van der Waals surface area contributed by atoms with E-state index < -0.39 is 0 Å². The molecular weight excluding hydrogens is 502 g/mol. The van der Waals surface area contributed by atoms with Gasteiger partial charge in [0.15, 0.2) is 17.1 Å². The lowest BCUT2D eigenvalue weighted by molar-refractivity contribution is 0.270. The predicted octanol–water partition coefficient (Wildman–Crippen LogP) is 6.20. The highest BCUT2D eigenvalue weighted by Crippen LogP contribution is 2.39. The summed E-state index contributed by atoms with van der Waals surface area (Å²) < 4.78 is 15.9. The fourth-order valence-electron chi connectivity index (χ4n) is 5.63. The van der Waals surface area contributed by atoms with Gasteiger partial charge in [-0.2, -0.15) is 5.10 Å². The molecule has 0 N–H and O–H groups in total. The Kier molecular flexibility index (Phi) is 5.87. The molecule has 0 bridgehead atoms. The first-order valence-corrected chi connectivity index (χ1v) is 13.9. The molecule has 6 aromatic rings. The van der Waals surface area contributed by atoms with Gasteiger partial charge in [-0.1, -0.05) is 12.1 Å². The standard InChI is InChI=1S/C31H31N7O2/c1-5-37-15-23(20(4)35-37)27-22-8-6-7-9-24(22)33-30-28(27)31-34-29(36-38(31)17-32-30)25-13-12-21(40-25)16-39-26-14-18(2)10-11-19(26)3/h10-15,17H,5-9,16H2,1-4H3. The first-order chi connectivity index (χ1) is 19.5. The number of furan rings is 1. The van der Waals surface area contributed by atoms with Gasteiger partial charge in [-0.15, -0.1) is 5.10 Å². The second-order valence-electron chi connectivity index (χ2n) is 10.6. The van der Waals surface area contributed by atoms with Gasteiger partial charge in [-0.25, -0.2) is 19.5 Å². The van der Waals surface area contributed by atoms with Crippen molar-refractivity contribution in [3.63, 3.8) is 0 Å². The number of hydrogen-bond donors (Lipinski definition) is 0. The first-order valence-electron chi connectivity index (χ1n) is 13.9. The minimum Gasteiger partial charge on any atom is -0.485 e. The van der Waals surface area contributed by atoms with Gasteiger partial charge in [0.1, 0.15) is 24.4 Å². The summed E-state index contributed by atoms with van der Waals surface area (Å²) in [5.74, 6) is 2.64. The molecule has 1 aliphatic rings. The minimum absolute atomic E-state index is 0.322. The summed E-state index contributed by atoms with van der Waals surface area (Å²) in [6.45, 7) is 9.39. The second-order valence-corrected chi connectivity index (χ2v) is 10.6. The van der Waals surface area contributed by atoms with Crippen molar-refractivity contribution in [1.82, 2.24) is 34.3 Å². The lowest BCUT2D eigenvalue weighted by Crippen LogP contribution is -2.10. The van der Waals surface area contributed by atoms with Crippen LogP contribution in [0.1, 0.15) is 53.6 Å². The number of rotatable bonds is 6. The van der Waals surface area contributed by atoms with E-state index in [2.05, 4.69) is 39.1 Å². The van der Waals surface area contributed by atoms with Gasteiger partial charge in [0.2, 0.25) is 5.82 Å². The molecule has 1 aromatic carbocycles. The van der Waals surface area contributed by atoms with Crippen LogP contribution in [-0.4, -0.2) is 34.3 Å². The van der Waals surface area contributed by atoms with Gasteiger partial charge in [-0.05, 0) is 88.3 Å². The van der Waals surface area contributed by atoms with Crippen molar-refractivity contribution in [3.8, 4) is 28.5 Å². The van der Waals surface area contributed by atoms with Crippen LogP contribution in [0, 0.1) is 20.8 Å². The Morgan fingerprint density at radius 2 is 1.88 bits per heavy atom. The van der Waals surface area contributed by atoms with Crippen molar-refractivity contribution in [3.05, 3.63) is 76.7 Å². The topological polar surface area (TPSA) is 96.2 Å². The second kappa shape index (κ2) is 9.59. The zero-order valence-electron chi connectivity index (χ0n) is 23.2. The van der Waals surface area contributed by atoms with Gasteiger partial charge < -0.3 is 9.15 Å². The van der Waals surface area contributed by atoms with Gasteiger partial charge in [-0.3, -0.25) is 4.68 Å². The monoisotopic (exact) mass is 533 g/mol. The summed E-state index contributed by atoms with van der Waals surface area (Å²) in [5, 5.41) is 10.4. The zero-order valence-corrected chi connectivity index (χ0v) is 23.2. The summed E-state index contributed by atoms with van der Waals surface area (Å²) in [6.07, 6.45) is 8.05. The van der Waals surface area contributed by atoms with Gasteiger partial charge in [0, 0.05) is 29.6 Å². The lowest BCUT2D eigenvalue weighted by atomic mass is 9.88. The fourth-order valence-corrected chi connectivity index (χ4v) is 5.63. The number of benzene rings is 1. The molecule has 0 atom stereocenters. The van der Waals surface area contributed by atoms with Crippen LogP contribution >= 0.6 is 0 Å². The molecule has 0 spiro atoms. The third-order valence-corrected chi connectivity index (χ3v) is 7.73. The molecule has 0 radical (unpaired) electrons. The molecular formula is C31H31N7O2. The molecule has 0 saturated carbocycles. The van der Waals surface area contributed by atoms with E-state index in [1.54, 1.807) is 10.8 Å². The number of hydrogen-bond acceptors (Lipinski definition) is 7. The van der Waals surface area contributed by atoms with Crippen molar-refractivity contribution in [1.29, 1.82) is 0 Å². The smallest absolute Gasteiger partial charge is 0.217 e. The van der Waals surface area contributed by atoms with Crippen molar-refractivity contribution in [2.45, 2.75) is 66.5 Å². The first kappa shape index (κ1) is 24.5. The average molecular weight is 534 g/mol. The Balaban J connectivity index is 1.32. The van der Waals surface area contributed by atoms with Crippen molar-refractivity contribution >= 4 is 16.7 Å². The van der Waals surface area contributed by atoms with E-state index in [1.165, 1.54) is 5.56 Å². The maximum absolute atomic E-state index is 6.13. The maximum Gasteiger partial charge on any atom is 0.217 e. The number of aromatic nitrogens is 7. The molecule has 5 heterocycles. The van der Waals surface area contributed by atoms with Gasteiger partial charge in [0.05, 0.1) is 11.1 Å². The highest BCUT2D eigenvalue weighted by Gasteiger charge is 2.25. The van der Waals surface area contributed by atoms with Crippen LogP contribution in [0.25, 0.3) is 39.4 Å². The van der Waals surface area contributed by atoms with Gasteiger partial charge >= 0.3 is 0 Å². The third kappa shape index (κ3) is 4.13. The fraction of sp³-hybridized carbons (Fsp3) is 0.323. The molecule has 0 amide bonds. The highest BCUT2D eigenvalue weighted by molar-refractivity contribution is 6.04.